The van der Waals surface area contributed by atoms with E-state index in [2.05, 4.69) is 18.8 Å². The Morgan fingerprint density at radius 2 is 2.00 bits per heavy atom. The number of nitrogens with zero attached hydrogens (tertiary/aromatic N) is 1. The Labute approximate surface area is 138 Å². The second-order valence-corrected chi connectivity index (χ2v) is 6.62. The van der Waals surface area contributed by atoms with Gasteiger partial charge in [0.05, 0.1) is 5.69 Å². The van der Waals surface area contributed by atoms with E-state index in [1.165, 1.54) is 5.56 Å². The van der Waals surface area contributed by atoms with Crippen molar-refractivity contribution >= 4 is 23.1 Å². The summed E-state index contributed by atoms with van der Waals surface area (Å²) in [4.78, 5) is 27.2. The van der Waals surface area contributed by atoms with Gasteiger partial charge in [0.25, 0.3) is 0 Å². The molecule has 2 rings (SSSR count). The molecule has 0 unspecified atom stereocenters. The Morgan fingerprint density at radius 3 is 2.52 bits per heavy atom. The monoisotopic (exact) mass is 333 g/mol. The molecule has 1 N–H and O–H groups in total. The number of aryl methyl sites for hydroxylation is 2. The van der Waals surface area contributed by atoms with Gasteiger partial charge in [-0.15, -0.1) is 11.3 Å². The fourth-order valence-corrected chi connectivity index (χ4v) is 3.14. The molecule has 1 heterocycles. The van der Waals surface area contributed by atoms with Crippen molar-refractivity contribution in [3.8, 4) is 5.75 Å². The Bertz CT molecular complexity index is 749. The zero-order valence-electron chi connectivity index (χ0n) is 13.5. The molecule has 0 aliphatic rings. The number of aromatic carboxylic acids is 1. The smallest absolute Gasteiger partial charge is 0.347 e. The number of hydrogen-bond donors (Lipinski definition) is 1. The first-order valence-electron chi connectivity index (χ1n) is 7.27. The summed E-state index contributed by atoms with van der Waals surface area (Å²) in [6.45, 7) is 7.67. The number of hydrogen-bond acceptors (Lipinski definition) is 5. The summed E-state index contributed by atoms with van der Waals surface area (Å²) in [5.74, 6) is -0.346. The molecule has 23 heavy (non-hydrogen) atoms. The summed E-state index contributed by atoms with van der Waals surface area (Å²) >= 11 is 0.880. The van der Waals surface area contributed by atoms with Crippen molar-refractivity contribution < 1.29 is 19.4 Å². The molecule has 0 radical (unpaired) electrons. The van der Waals surface area contributed by atoms with Crippen molar-refractivity contribution in [2.75, 3.05) is 6.61 Å². The van der Waals surface area contributed by atoms with E-state index in [9.17, 15) is 9.59 Å². The van der Waals surface area contributed by atoms with Crippen LogP contribution in [0.5, 0.6) is 5.75 Å². The zero-order valence-corrected chi connectivity index (χ0v) is 14.4. The predicted molar refractivity (Wildman–Crippen MR) is 88.9 cm³/mol. The van der Waals surface area contributed by atoms with E-state index in [1.54, 1.807) is 6.92 Å². The third-order valence-electron chi connectivity index (χ3n) is 3.46. The van der Waals surface area contributed by atoms with Crippen molar-refractivity contribution in [2.24, 2.45) is 0 Å². The lowest BCUT2D eigenvalue weighted by atomic mass is 9.98. The summed E-state index contributed by atoms with van der Waals surface area (Å²) in [6.07, 6.45) is 0. The Morgan fingerprint density at radius 1 is 1.30 bits per heavy atom. The molecule has 6 heteroatoms. The lowest BCUT2D eigenvalue weighted by molar-refractivity contribution is 0.0701. The minimum absolute atomic E-state index is 0.0884. The third-order valence-corrected chi connectivity index (χ3v) is 4.65. The van der Waals surface area contributed by atoms with Crippen LogP contribution in [0.2, 0.25) is 0 Å². The maximum absolute atomic E-state index is 12.1. The molecule has 0 amide bonds. The highest BCUT2D eigenvalue weighted by Gasteiger charge is 2.19. The maximum Gasteiger partial charge on any atom is 0.347 e. The van der Waals surface area contributed by atoms with Crippen LogP contribution in [0.4, 0.5) is 0 Å². The number of aromatic nitrogens is 1. The number of ether oxygens (including phenoxy) is 1. The fourth-order valence-electron chi connectivity index (χ4n) is 2.31. The Balaban J connectivity index is 2.06. The van der Waals surface area contributed by atoms with Crippen LogP contribution in [0.1, 0.15) is 56.1 Å². The van der Waals surface area contributed by atoms with Gasteiger partial charge in [0.1, 0.15) is 10.6 Å². The van der Waals surface area contributed by atoms with Gasteiger partial charge in [-0.3, -0.25) is 4.79 Å². The highest BCUT2D eigenvalue weighted by atomic mass is 32.1. The van der Waals surface area contributed by atoms with Crippen LogP contribution in [0.25, 0.3) is 0 Å². The molecule has 0 aliphatic heterocycles. The molecule has 0 bridgehead atoms. The molecular weight excluding hydrogens is 314 g/mol. The molecule has 0 spiro atoms. The Hall–Kier alpha value is -2.21. The molecule has 0 saturated heterocycles. The molecule has 1 aromatic carbocycles. The number of rotatable bonds is 6. The number of carboxylic acid groups (broad SMARTS) is 1. The Kier molecular flexibility index (Phi) is 5.15. The van der Waals surface area contributed by atoms with Crippen molar-refractivity contribution in [3.05, 3.63) is 44.9 Å². The van der Waals surface area contributed by atoms with E-state index >= 15 is 0 Å². The number of carbonyl (C=O) groups excluding carboxylic acids is 1. The van der Waals surface area contributed by atoms with Crippen molar-refractivity contribution in [2.45, 2.75) is 33.6 Å². The third kappa shape index (κ3) is 3.96. The molecule has 0 fully saturated rings. The van der Waals surface area contributed by atoms with Crippen LogP contribution in [-0.4, -0.2) is 28.4 Å². The summed E-state index contributed by atoms with van der Waals surface area (Å²) < 4.78 is 5.52. The molecule has 1 aromatic heterocycles. The summed E-state index contributed by atoms with van der Waals surface area (Å²) in [5, 5.41) is 9.16. The normalized spacial score (nSPS) is 10.8. The van der Waals surface area contributed by atoms with Gasteiger partial charge in [0.15, 0.2) is 11.6 Å². The number of carbonyl (C=O) groups is 2. The summed E-state index contributed by atoms with van der Waals surface area (Å²) in [7, 11) is 0. The van der Waals surface area contributed by atoms with Crippen LogP contribution in [-0.2, 0) is 0 Å². The molecule has 5 nitrogen and oxygen atoms in total. The molecule has 0 saturated carbocycles. The van der Waals surface area contributed by atoms with Crippen molar-refractivity contribution in [1.29, 1.82) is 0 Å². The van der Waals surface area contributed by atoms with E-state index in [4.69, 9.17) is 9.84 Å². The fraction of sp³-hybridized carbons (Fsp3) is 0.353. The SMILES string of the molecule is Cc1cc(OCC(=O)c2nc(C)c(C(=O)O)s2)ccc1C(C)C. The average molecular weight is 333 g/mol. The number of ketones is 1. The van der Waals surface area contributed by atoms with Gasteiger partial charge in [-0.2, -0.15) is 0 Å². The van der Waals surface area contributed by atoms with Crippen LogP contribution in [0, 0.1) is 13.8 Å². The van der Waals surface area contributed by atoms with Gasteiger partial charge in [-0.1, -0.05) is 19.9 Å². The summed E-state index contributed by atoms with van der Waals surface area (Å²) in [6, 6.07) is 5.74. The van der Waals surface area contributed by atoms with E-state index < -0.39 is 5.97 Å². The topological polar surface area (TPSA) is 76.5 Å². The van der Waals surface area contributed by atoms with Gasteiger partial charge in [0, 0.05) is 0 Å². The van der Waals surface area contributed by atoms with Crippen LogP contribution in [0.3, 0.4) is 0 Å². The number of Topliss-reactive ketones (excluding diaryl/α,β-unsaturated/α-hetero) is 1. The minimum Gasteiger partial charge on any atom is -0.485 e. The maximum atomic E-state index is 12.1. The van der Waals surface area contributed by atoms with Gasteiger partial charge >= 0.3 is 5.97 Å². The standard InChI is InChI=1S/C17H19NO4S/c1-9(2)13-6-5-12(7-10(13)3)22-8-14(19)16-18-11(4)15(23-16)17(20)21/h5-7,9H,8H2,1-4H3,(H,20,21). The van der Waals surface area contributed by atoms with Crippen LogP contribution in [0.15, 0.2) is 18.2 Å². The van der Waals surface area contributed by atoms with Crippen LogP contribution < -0.4 is 4.74 Å². The van der Waals surface area contributed by atoms with E-state index in [-0.39, 0.29) is 22.3 Å². The van der Waals surface area contributed by atoms with Gasteiger partial charge < -0.3 is 9.84 Å². The summed E-state index contributed by atoms with van der Waals surface area (Å²) in [5.41, 5.74) is 2.71. The molecule has 0 atom stereocenters. The van der Waals surface area contributed by atoms with Crippen molar-refractivity contribution in [3.63, 3.8) is 0 Å². The number of benzene rings is 1. The quantitative estimate of drug-likeness (QED) is 0.813. The lowest BCUT2D eigenvalue weighted by Crippen LogP contribution is -2.11. The lowest BCUT2D eigenvalue weighted by Gasteiger charge is -2.11. The largest absolute Gasteiger partial charge is 0.485 e. The first-order chi connectivity index (χ1) is 10.8. The second-order valence-electron chi connectivity index (χ2n) is 5.62. The first-order valence-corrected chi connectivity index (χ1v) is 8.08. The molecule has 0 aliphatic carbocycles. The van der Waals surface area contributed by atoms with Gasteiger partial charge in [-0.25, -0.2) is 9.78 Å². The first kappa shape index (κ1) is 17.1. The van der Waals surface area contributed by atoms with E-state index in [0.717, 1.165) is 16.9 Å². The average Bonchev–Trinajstić information content (AvgIpc) is 2.86. The number of thiazole rings is 1. The van der Waals surface area contributed by atoms with Gasteiger partial charge in [-0.05, 0) is 43.0 Å². The molecular formula is C17H19NO4S. The van der Waals surface area contributed by atoms with E-state index in [1.807, 2.05) is 25.1 Å². The highest BCUT2D eigenvalue weighted by molar-refractivity contribution is 7.15. The predicted octanol–water partition coefficient (Wildman–Crippen LogP) is 3.84. The minimum atomic E-state index is -1.07. The van der Waals surface area contributed by atoms with Crippen LogP contribution >= 0.6 is 11.3 Å². The highest BCUT2D eigenvalue weighted by Crippen LogP contribution is 2.24. The van der Waals surface area contributed by atoms with Gasteiger partial charge in [0.2, 0.25) is 5.78 Å². The van der Waals surface area contributed by atoms with Crippen molar-refractivity contribution in [1.82, 2.24) is 4.98 Å². The zero-order chi connectivity index (χ0) is 17.1. The number of carboxylic acids is 1. The van der Waals surface area contributed by atoms with E-state index in [0.29, 0.717) is 17.4 Å². The second kappa shape index (κ2) is 6.91. The molecule has 122 valence electrons. The molecule has 2 aromatic rings.